The molecule has 0 fully saturated rings. The maximum absolute atomic E-state index is 12.3. The van der Waals surface area contributed by atoms with E-state index in [4.69, 9.17) is 11.6 Å². The van der Waals surface area contributed by atoms with Crippen LogP contribution in [0.3, 0.4) is 0 Å². The zero-order chi connectivity index (χ0) is 15.7. The van der Waals surface area contributed by atoms with E-state index in [2.05, 4.69) is 26.0 Å². The molecule has 114 valence electrons. The van der Waals surface area contributed by atoms with E-state index in [0.29, 0.717) is 12.4 Å². The van der Waals surface area contributed by atoms with Gasteiger partial charge in [0.05, 0.1) is 22.4 Å². The highest BCUT2D eigenvalue weighted by atomic mass is 79.9. The summed E-state index contributed by atoms with van der Waals surface area (Å²) in [6.45, 7) is 9.11. The first kappa shape index (κ1) is 16.2. The van der Waals surface area contributed by atoms with Crippen LogP contribution in [0.15, 0.2) is 15.3 Å². The number of halogens is 2. The van der Waals surface area contributed by atoms with Gasteiger partial charge in [0.2, 0.25) is 0 Å². The third-order valence-electron chi connectivity index (χ3n) is 3.28. The van der Waals surface area contributed by atoms with Crippen LogP contribution < -0.4 is 5.56 Å². The summed E-state index contributed by atoms with van der Waals surface area (Å²) in [5.41, 5.74) is 1.73. The lowest BCUT2D eigenvalue weighted by molar-refractivity contribution is 0.561. The quantitative estimate of drug-likeness (QED) is 0.772. The summed E-state index contributed by atoms with van der Waals surface area (Å²) in [6.07, 6.45) is 0. The first-order chi connectivity index (χ1) is 9.85. The SMILES string of the molecule is CCn1nc(C)c(Br)c1Cn1c(C(C)C)nc(Cl)cc1=O. The Bertz CT molecular complexity index is 720. The molecule has 2 rings (SSSR count). The van der Waals surface area contributed by atoms with E-state index in [-0.39, 0.29) is 16.6 Å². The zero-order valence-electron chi connectivity index (χ0n) is 12.5. The second-order valence-electron chi connectivity index (χ2n) is 5.18. The normalized spacial score (nSPS) is 11.4. The lowest BCUT2D eigenvalue weighted by atomic mass is 10.2. The Kier molecular flexibility index (Phi) is 4.88. The third-order valence-corrected chi connectivity index (χ3v) is 4.51. The lowest BCUT2D eigenvalue weighted by Crippen LogP contribution is -2.27. The molecule has 0 bridgehead atoms. The van der Waals surface area contributed by atoms with Crippen LogP contribution in [0.4, 0.5) is 0 Å². The highest BCUT2D eigenvalue weighted by Crippen LogP contribution is 2.23. The van der Waals surface area contributed by atoms with E-state index in [9.17, 15) is 4.79 Å². The fourth-order valence-corrected chi connectivity index (χ4v) is 2.85. The van der Waals surface area contributed by atoms with E-state index in [1.165, 1.54) is 6.07 Å². The minimum atomic E-state index is -0.146. The molecule has 2 heterocycles. The van der Waals surface area contributed by atoms with Gasteiger partial charge in [0.25, 0.3) is 5.56 Å². The smallest absolute Gasteiger partial charge is 0.255 e. The van der Waals surface area contributed by atoms with Crippen molar-refractivity contribution in [2.24, 2.45) is 0 Å². The summed E-state index contributed by atoms with van der Waals surface area (Å²) < 4.78 is 4.48. The molecule has 2 aromatic rings. The molecule has 0 saturated carbocycles. The van der Waals surface area contributed by atoms with Gasteiger partial charge >= 0.3 is 0 Å². The summed E-state index contributed by atoms with van der Waals surface area (Å²) in [5.74, 6) is 0.787. The number of aryl methyl sites for hydroxylation is 2. The van der Waals surface area contributed by atoms with E-state index >= 15 is 0 Å². The van der Waals surface area contributed by atoms with Gasteiger partial charge in [-0.15, -0.1) is 0 Å². The van der Waals surface area contributed by atoms with Gasteiger partial charge in [-0.3, -0.25) is 14.0 Å². The maximum atomic E-state index is 12.3. The Labute approximate surface area is 137 Å². The highest BCUT2D eigenvalue weighted by molar-refractivity contribution is 9.10. The molecule has 0 aliphatic heterocycles. The van der Waals surface area contributed by atoms with Gasteiger partial charge in [0, 0.05) is 18.5 Å². The van der Waals surface area contributed by atoms with E-state index in [0.717, 1.165) is 22.4 Å². The van der Waals surface area contributed by atoms with Crippen molar-refractivity contribution >= 4 is 27.5 Å². The Morgan fingerprint density at radius 3 is 2.67 bits per heavy atom. The zero-order valence-corrected chi connectivity index (χ0v) is 14.9. The Hall–Kier alpha value is -1.14. The summed E-state index contributed by atoms with van der Waals surface area (Å²) in [6, 6.07) is 1.35. The molecule has 0 aliphatic carbocycles. The van der Waals surface area contributed by atoms with Crippen molar-refractivity contribution in [3.63, 3.8) is 0 Å². The topological polar surface area (TPSA) is 52.7 Å². The number of nitrogens with zero attached hydrogens (tertiary/aromatic N) is 4. The van der Waals surface area contributed by atoms with Gasteiger partial charge in [-0.05, 0) is 29.8 Å². The summed E-state index contributed by atoms with van der Waals surface area (Å²) in [5, 5.41) is 4.69. The van der Waals surface area contributed by atoms with Crippen LogP contribution in [0.25, 0.3) is 0 Å². The molecule has 21 heavy (non-hydrogen) atoms. The molecule has 0 unspecified atom stereocenters. The average Bonchev–Trinajstić information content (AvgIpc) is 2.68. The Balaban J connectivity index is 2.57. The molecular weight excluding hydrogens is 356 g/mol. The third kappa shape index (κ3) is 3.21. The maximum Gasteiger partial charge on any atom is 0.255 e. The summed E-state index contributed by atoms with van der Waals surface area (Å²) in [7, 11) is 0. The largest absolute Gasteiger partial charge is 0.290 e. The monoisotopic (exact) mass is 372 g/mol. The fourth-order valence-electron chi connectivity index (χ4n) is 2.26. The second kappa shape index (κ2) is 6.32. The Morgan fingerprint density at radius 1 is 1.43 bits per heavy atom. The van der Waals surface area contributed by atoms with Crippen molar-refractivity contribution in [2.75, 3.05) is 0 Å². The molecule has 0 atom stereocenters. The molecule has 2 aromatic heterocycles. The summed E-state index contributed by atoms with van der Waals surface area (Å²) in [4.78, 5) is 16.6. The van der Waals surface area contributed by atoms with Crippen molar-refractivity contribution in [2.45, 2.75) is 46.7 Å². The van der Waals surface area contributed by atoms with Crippen molar-refractivity contribution in [3.05, 3.63) is 43.3 Å². The Morgan fingerprint density at radius 2 is 2.10 bits per heavy atom. The minimum absolute atomic E-state index is 0.106. The molecule has 0 aromatic carbocycles. The lowest BCUT2D eigenvalue weighted by Gasteiger charge is -2.15. The van der Waals surface area contributed by atoms with Crippen LogP contribution in [0, 0.1) is 6.92 Å². The predicted octanol–water partition coefficient (Wildman–Crippen LogP) is 3.36. The molecule has 7 heteroatoms. The first-order valence-electron chi connectivity index (χ1n) is 6.84. The van der Waals surface area contributed by atoms with Gasteiger partial charge in [-0.1, -0.05) is 25.4 Å². The van der Waals surface area contributed by atoms with Crippen LogP contribution >= 0.6 is 27.5 Å². The molecule has 0 saturated heterocycles. The van der Waals surface area contributed by atoms with Gasteiger partial charge in [-0.25, -0.2) is 4.98 Å². The van der Waals surface area contributed by atoms with Gasteiger partial charge < -0.3 is 0 Å². The van der Waals surface area contributed by atoms with Crippen LogP contribution in [-0.2, 0) is 13.1 Å². The van der Waals surface area contributed by atoms with E-state index in [1.54, 1.807) is 4.57 Å². The molecule has 0 N–H and O–H groups in total. The standard InChI is InChI=1S/C14H18BrClN4O/c1-5-20-10(13(15)9(4)18-20)7-19-12(21)6-11(16)17-14(19)8(2)3/h6,8H,5,7H2,1-4H3. The number of hydrogen-bond donors (Lipinski definition) is 0. The van der Waals surface area contributed by atoms with E-state index in [1.807, 2.05) is 32.4 Å². The molecule has 0 radical (unpaired) electrons. The molecule has 0 spiro atoms. The van der Waals surface area contributed by atoms with Crippen molar-refractivity contribution in [1.29, 1.82) is 0 Å². The van der Waals surface area contributed by atoms with E-state index < -0.39 is 0 Å². The van der Waals surface area contributed by atoms with Crippen molar-refractivity contribution in [3.8, 4) is 0 Å². The van der Waals surface area contributed by atoms with Crippen LogP contribution in [0.1, 0.15) is 43.9 Å². The minimum Gasteiger partial charge on any atom is -0.290 e. The molecule has 5 nitrogen and oxygen atoms in total. The van der Waals surface area contributed by atoms with Crippen LogP contribution in [-0.4, -0.2) is 19.3 Å². The fraction of sp³-hybridized carbons (Fsp3) is 0.500. The van der Waals surface area contributed by atoms with Crippen LogP contribution in [0.5, 0.6) is 0 Å². The number of rotatable bonds is 4. The predicted molar refractivity (Wildman–Crippen MR) is 87.0 cm³/mol. The van der Waals surface area contributed by atoms with Crippen molar-refractivity contribution in [1.82, 2.24) is 19.3 Å². The van der Waals surface area contributed by atoms with Crippen molar-refractivity contribution < 1.29 is 0 Å². The van der Waals surface area contributed by atoms with Crippen LogP contribution in [0.2, 0.25) is 5.15 Å². The number of hydrogen-bond acceptors (Lipinski definition) is 3. The van der Waals surface area contributed by atoms with Gasteiger partial charge in [-0.2, -0.15) is 5.10 Å². The molecular formula is C14H18BrClN4O. The number of aromatic nitrogens is 4. The average molecular weight is 374 g/mol. The summed E-state index contributed by atoms with van der Waals surface area (Å²) >= 11 is 9.47. The second-order valence-corrected chi connectivity index (χ2v) is 6.36. The van der Waals surface area contributed by atoms with Gasteiger partial charge in [0.15, 0.2) is 0 Å². The molecule has 0 amide bonds. The first-order valence-corrected chi connectivity index (χ1v) is 8.01. The van der Waals surface area contributed by atoms with Gasteiger partial charge in [0.1, 0.15) is 11.0 Å². The molecule has 0 aliphatic rings. The highest BCUT2D eigenvalue weighted by Gasteiger charge is 2.17.